The molecule has 2 aromatic carbocycles. The Bertz CT molecular complexity index is 1300. The van der Waals surface area contributed by atoms with Crippen LogP contribution in [0.3, 0.4) is 0 Å². The highest BCUT2D eigenvalue weighted by Gasteiger charge is 2.39. The van der Waals surface area contributed by atoms with Crippen molar-refractivity contribution in [2.24, 2.45) is 5.41 Å². The van der Waals surface area contributed by atoms with E-state index in [0.29, 0.717) is 12.1 Å². The molecule has 9 heteroatoms. The number of nitrogens with zero attached hydrogens (tertiary/aromatic N) is 1. The van der Waals surface area contributed by atoms with Crippen LogP contribution in [0.5, 0.6) is 0 Å². The number of aromatic nitrogens is 1. The quantitative estimate of drug-likeness (QED) is 0.408. The van der Waals surface area contributed by atoms with Gasteiger partial charge in [-0.05, 0) is 47.1 Å². The minimum absolute atomic E-state index is 0.00307. The molecule has 0 atom stereocenters. The predicted molar refractivity (Wildman–Crippen MR) is 126 cm³/mol. The van der Waals surface area contributed by atoms with Crippen LogP contribution >= 0.6 is 0 Å². The largest absolute Gasteiger partial charge is 0.417 e. The zero-order valence-electron chi connectivity index (χ0n) is 19.3. The second-order valence-corrected chi connectivity index (χ2v) is 12.2. The highest BCUT2D eigenvalue weighted by atomic mass is 32.2. The van der Waals surface area contributed by atoms with E-state index in [9.17, 15) is 26.0 Å². The fraction of sp³-hybridized carbons (Fsp3) is 0.440. The number of fused-ring (bicyclic) bond motifs is 1. The van der Waals surface area contributed by atoms with Crippen molar-refractivity contribution in [3.63, 3.8) is 0 Å². The average Bonchev–Trinajstić information content (AvgIpc) is 3.04. The van der Waals surface area contributed by atoms with Crippen molar-refractivity contribution in [2.45, 2.75) is 64.3 Å². The van der Waals surface area contributed by atoms with E-state index in [2.05, 4.69) is 4.72 Å². The van der Waals surface area contributed by atoms with E-state index in [1.165, 1.54) is 12.1 Å². The van der Waals surface area contributed by atoms with Gasteiger partial charge in [-0.15, -0.1) is 0 Å². The second-order valence-electron chi connectivity index (χ2n) is 10.2. The summed E-state index contributed by atoms with van der Waals surface area (Å²) < 4.78 is 83.4. The van der Waals surface area contributed by atoms with Crippen LogP contribution in [-0.2, 0) is 29.3 Å². The standard InChI is InChI=1S/C25H28F4N2O2S/c1-24(2,3)15-31-14-17(13-30-34(32,33)19-11-18(26)12-19)21-9-8-16(10-23(21)31)20-6-4-5-7-22(20)25(27,28)29/h4-10,14,18-19,30H,11-13,15H2,1-3H3. The molecule has 0 aliphatic heterocycles. The molecule has 1 fully saturated rings. The Kier molecular flexibility index (Phi) is 6.31. The number of sulfonamides is 1. The molecule has 0 unspecified atom stereocenters. The molecule has 0 radical (unpaired) electrons. The predicted octanol–water partition coefficient (Wildman–Crippen LogP) is 6.29. The normalized spacial score (nSPS) is 19.4. The Labute approximate surface area is 197 Å². The average molecular weight is 497 g/mol. The number of hydrogen-bond acceptors (Lipinski definition) is 2. The lowest BCUT2D eigenvalue weighted by atomic mass is 9.96. The van der Waals surface area contributed by atoms with E-state index in [0.717, 1.165) is 22.5 Å². The van der Waals surface area contributed by atoms with Crippen molar-refractivity contribution >= 4 is 20.9 Å². The zero-order chi connectivity index (χ0) is 24.9. The SMILES string of the molecule is CC(C)(C)Cn1cc(CNS(=O)(=O)C2CC(F)C2)c2ccc(-c3ccccc3C(F)(F)F)cc21. The first-order valence-corrected chi connectivity index (χ1v) is 12.7. The molecular weight excluding hydrogens is 468 g/mol. The minimum atomic E-state index is -4.48. The molecule has 0 bridgehead atoms. The van der Waals surface area contributed by atoms with E-state index in [4.69, 9.17) is 0 Å². The Morgan fingerprint density at radius 3 is 2.35 bits per heavy atom. The molecule has 1 aliphatic carbocycles. The number of nitrogens with one attached hydrogen (secondary N) is 1. The monoisotopic (exact) mass is 496 g/mol. The summed E-state index contributed by atoms with van der Waals surface area (Å²) in [4.78, 5) is 0. The van der Waals surface area contributed by atoms with Gasteiger partial charge in [-0.25, -0.2) is 17.5 Å². The molecule has 184 valence electrons. The summed E-state index contributed by atoms with van der Waals surface area (Å²) in [5.74, 6) is 0. The summed E-state index contributed by atoms with van der Waals surface area (Å²) in [6.07, 6.45) is -3.71. The van der Waals surface area contributed by atoms with Crippen molar-refractivity contribution in [2.75, 3.05) is 0 Å². The van der Waals surface area contributed by atoms with Gasteiger partial charge in [0.25, 0.3) is 0 Å². The van der Waals surface area contributed by atoms with Gasteiger partial charge >= 0.3 is 6.18 Å². The summed E-state index contributed by atoms with van der Waals surface area (Å²) in [6, 6.07) is 10.6. The first kappa shape index (κ1) is 24.7. The second kappa shape index (κ2) is 8.68. The maximum Gasteiger partial charge on any atom is 0.417 e. The van der Waals surface area contributed by atoms with Crippen LogP contribution in [0.4, 0.5) is 17.6 Å². The van der Waals surface area contributed by atoms with Gasteiger partial charge in [0.15, 0.2) is 0 Å². The minimum Gasteiger partial charge on any atom is -0.347 e. The number of alkyl halides is 4. The highest BCUT2D eigenvalue weighted by molar-refractivity contribution is 7.90. The van der Waals surface area contributed by atoms with Gasteiger partial charge in [0.2, 0.25) is 10.0 Å². The zero-order valence-corrected chi connectivity index (χ0v) is 20.1. The van der Waals surface area contributed by atoms with Gasteiger partial charge in [-0.1, -0.05) is 51.1 Å². The molecule has 4 rings (SSSR count). The lowest BCUT2D eigenvalue weighted by Crippen LogP contribution is -2.43. The first-order valence-electron chi connectivity index (χ1n) is 11.2. The van der Waals surface area contributed by atoms with Crippen LogP contribution in [-0.4, -0.2) is 24.4 Å². The molecule has 3 aromatic rings. The van der Waals surface area contributed by atoms with Crippen LogP contribution in [0.15, 0.2) is 48.7 Å². The van der Waals surface area contributed by atoms with Crippen LogP contribution in [0.2, 0.25) is 0 Å². The van der Waals surface area contributed by atoms with E-state index in [-0.39, 0.29) is 30.4 Å². The number of halogens is 4. The molecule has 4 nitrogen and oxygen atoms in total. The van der Waals surface area contributed by atoms with Crippen LogP contribution in [0.1, 0.15) is 44.7 Å². The van der Waals surface area contributed by atoms with Gasteiger partial charge < -0.3 is 4.57 Å². The van der Waals surface area contributed by atoms with Gasteiger partial charge in [-0.3, -0.25) is 0 Å². The molecule has 0 saturated heterocycles. The van der Waals surface area contributed by atoms with Crippen molar-refractivity contribution in [1.82, 2.24) is 9.29 Å². The fourth-order valence-corrected chi connectivity index (χ4v) is 5.87. The summed E-state index contributed by atoms with van der Waals surface area (Å²) in [5, 5.41) is 0.0352. The molecule has 1 aliphatic rings. The molecule has 1 N–H and O–H groups in total. The maximum atomic E-state index is 13.6. The van der Waals surface area contributed by atoms with E-state index < -0.39 is 33.2 Å². The molecule has 0 spiro atoms. The van der Waals surface area contributed by atoms with E-state index in [1.54, 1.807) is 24.3 Å². The Morgan fingerprint density at radius 2 is 1.74 bits per heavy atom. The van der Waals surface area contributed by atoms with Crippen molar-refractivity contribution < 1.29 is 26.0 Å². The summed E-state index contributed by atoms with van der Waals surface area (Å²) >= 11 is 0. The third-order valence-electron chi connectivity index (χ3n) is 6.09. The molecule has 1 aromatic heterocycles. The molecule has 0 amide bonds. The van der Waals surface area contributed by atoms with E-state index in [1.807, 2.05) is 31.5 Å². The summed E-state index contributed by atoms with van der Waals surface area (Å²) in [7, 11) is -3.65. The first-order chi connectivity index (χ1) is 15.7. The Balaban J connectivity index is 1.74. The van der Waals surface area contributed by atoms with Gasteiger partial charge in [-0.2, -0.15) is 13.2 Å². The van der Waals surface area contributed by atoms with E-state index >= 15 is 0 Å². The lowest BCUT2D eigenvalue weighted by Gasteiger charge is -2.29. The maximum absolute atomic E-state index is 13.6. The smallest absolute Gasteiger partial charge is 0.347 e. The van der Waals surface area contributed by atoms with Crippen LogP contribution in [0.25, 0.3) is 22.0 Å². The third kappa shape index (κ3) is 5.15. The number of hydrogen-bond donors (Lipinski definition) is 1. The Morgan fingerprint density at radius 1 is 1.06 bits per heavy atom. The summed E-state index contributed by atoms with van der Waals surface area (Å²) in [6.45, 7) is 6.77. The lowest BCUT2D eigenvalue weighted by molar-refractivity contribution is -0.137. The van der Waals surface area contributed by atoms with Crippen molar-refractivity contribution in [3.05, 3.63) is 59.8 Å². The van der Waals surface area contributed by atoms with Gasteiger partial charge in [0.1, 0.15) is 6.17 Å². The molecule has 1 heterocycles. The van der Waals surface area contributed by atoms with Gasteiger partial charge in [0.05, 0.1) is 10.8 Å². The van der Waals surface area contributed by atoms with Crippen molar-refractivity contribution in [1.29, 1.82) is 0 Å². The number of rotatable bonds is 6. The van der Waals surface area contributed by atoms with Crippen LogP contribution < -0.4 is 4.72 Å². The number of benzene rings is 2. The van der Waals surface area contributed by atoms with Gasteiger partial charge in [0, 0.05) is 30.2 Å². The molecule has 1 saturated carbocycles. The Hall–Kier alpha value is -2.39. The summed E-state index contributed by atoms with van der Waals surface area (Å²) in [5.41, 5.74) is 1.14. The fourth-order valence-electron chi connectivity index (χ4n) is 4.35. The van der Waals surface area contributed by atoms with Crippen LogP contribution in [0, 0.1) is 5.41 Å². The topological polar surface area (TPSA) is 51.1 Å². The van der Waals surface area contributed by atoms with Crippen molar-refractivity contribution in [3.8, 4) is 11.1 Å². The third-order valence-corrected chi connectivity index (χ3v) is 7.90. The molecular formula is C25H28F4N2O2S. The highest BCUT2D eigenvalue weighted by Crippen LogP contribution is 2.38. The molecule has 34 heavy (non-hydrogen) atoms.